The molecular weight excluding hydrogens is 184 g/mol. The average Bonchev–Trinajstić information content (AvgIpc) is 2.13. The monoisotopic (exact) mass is 202 g/mol. The Morgan fingerprint density at radius 3 is 2.46 bits per heavy atom. The van der Waals surface area contributed by atoms with Crippen LogP contribution in [0.1, 0.15) is 39.5 Å². The lowest BCUT2D eigenvalue weighted by atomic mass is 9.98. The van der Waals surface area contributed by atoms with Gasteiger partial charge in [0.15, 0.2) is 5.12 Å². The first-order valence-electron chi connectivity index (χ1n) is 4.71. The SMILES string of the molecule is CCCCC(C)C(=O)CC(=O)SC. The summed E-state index contributed by atoms with van der Waals surface area (Å²) < 4.78 is 0. The summed E-state index contributed by atoms with van der Waals surface area (Å²) in [5, 5.41) is -0.0200. The molecule has 0 aliphatic carbocycles. The topological polar surface area (TPSA) is 34.1 Å². The molecule has 0 amide bonds. The molecule has 0 aromatic carbocycles. The lowest BCUT2D eigenvalue weighted by molar-refractivity contribution is -0.126. The Balaban J connectivity index is 3.75. The van der Waals surface area contributed by atoms with Gasteiger partial charge in [-0.25, -0.2) is 0 Å². The van der Waals surface area contributed by atoms with Crippen molar-refractivity contribution in [3.05, 3.63) is 0 Å². The van der Waals surface area contributed by atoms with Crippen LogP contribution in [0.2, 0.25) is 0 Å². The van der Waals surface area contributed by atoms with Gasteiger partial charge in [-0.3, -0.25) is 9.59 Å². The molecule has 0 rings (SSSR count). The molecule has 0 radical (unpaired) electrons. The minimum Gasteiger partial charge on any atom is -0.299 e. The van der Waals surface area contributed by atoms with Gasteiger partial charge in [0, 0.05) is 5.92 Å². The van der Waals surface area contributed by atoms with E-state index in [0.717, 1.165) is 31.0 Å². The fourth-order valence-electron chi connectivity index (χ4n) is 1.06. The Labute approximate surface area is 84.5 Å². The maximum atomic E-state index is 11.4. The standard InChI is InChI=1S/C10H18O2S/c1-4-5-6-8(2)9(11)7-10(12)13-3/h8H,4-7H2,1-3H3. The predicted molar refractivity (Wildman–Crippen MR) is 56.8 cm³/mol. The minimum atomic E-state index is -0.0200. The number of ketones is 1. The van der Waals surface area contributed by atoms with Crippen molar-refractivity contribution in [3.8, 4) is 0 Å². The second kappa shape index (κ2) is 7.13. The van der Waals surface area contributed by atoms with Crippen LogP contribution in [0, 0.1) is 5.92 Å². The van der Waals surface area contributed by atoms with Crippen LogP contribution in [-0.2, 0) is 9.59 Å². The predicted octanol–water partition coefficient (Wildman–Crippen LogP) is 2.66. The second-order valence-corrected chi connectivity index (χ2v) is 4.13. The fraction of sp³-hybridized carbons (Fsp3) is 0.800. The normalized spacial score (nSPS) is 12.5. The number of Topliss-reactive ketones (excluding diaryl/α,β-unsaturated/α-hetero) is 1. The van der Waals surface area contributed by atoms with E-state index in [9.17, 15) is 9.59 Å². The average molecular weight is 202 g/mol. The molecule has 0 saturated carbocycles. The van der Waals surface area contributed by atoms with E-state index in [-0.39, 0.29) is 23.2 Å². The van der Waals surface area contributed by atoms with Crippen molar-refractivity contribution in [2.75, 3.05) is 6.26 Å². The van der Waals surface area contributed by atoms with Crippen molar-refractivity contribution in [3.63, 3.8) is 0 Å². The summed E-state index contributed by atoms with van der Waals surface area (Å²) in [5.41, 5.74) is 0. The van der Waals surface area contributed by atoms with Crippen molar-refractivity contribution in [2.45, 2.75) is 39.5 Å². The van der Waals surface area contributed by atoms with E-state index in [1.807, 2.05) is 6.92 Å². The van der Waals surface area contributed by atoms with Gasteiger partial charge in [-0.1, -0.05) is 38.5 Å². The van der Waals surface area contributed by atoms with Crippen LogP contribution >= 0.6 is 11.8 Å². The van der Waals surface area contributed by atoms with Gasteiger partial charge in [0.05, 0.1) is 6.42 Å². The highest BCUT2D eigenvalue weighted by Crippen LogP contribution is 2.12. The van der Waals surface area contributed by atoms with E-state index in [1.165, 1.54) is 0 Å². The van der Waals surface area contributed by atoms with Gasteiger partial charge in [-0.05, 0) is 12.7 Å². The molecular formula is C10H18O2S. The van der Waals surface area contributed by atoms with E-state index in [2.05, 4.69) is 6.92 Å². The first-order valence-corrected chi connectivity index (χ1v) is 5.93. The summed E-state index contributed by atoms with van der Waals surface area (Å²) in [4.78, 5) is 22.3. The zero-order valence-corrected chi connectivity index (χ0v) is 9.45. The Hall–Kier alpha value is -0.310. The maximum Gasteiger partial charge on any atom is 0.196 e. The summed E-state index contributed by atoms with van der Waals surface area (Å²) in [7, 11) is 0. The van der Waals surface area contributed by atoms with Crippen molar-refractivity contribution in [2.24, 2.45) is 5.92 Å². The molecule has 0 heterocycles. The molecule has 0 aromatic heterocycles. The first-order chi connectivity index (χ1) is 6.11. The number of rotatable bonds is 6. The third-order valence-corrected chi connectivity index (χ3v) is 2.69. The molecule has 0 aromatic rings. The number of hydrogen-bond donors (Lipinski definition) is 0. The summed E-state index contributed by atoms with van der Waals surface area (Å²) in [6.45, 7) is 4.01. The van der Waals surface area contributed by atoms with Crippen LogP contribution in [0.4, 0.5) is 0 Å². The summed E-state index contributed by atoms with van der Waals surface area (Å²) in [5.74, 6) is 0.142. The van der Waals surface area contributed by atoms with Crippen molar-refractivity contribution < 1.29 is 9.59 Å². The lowest BCUT2D eigenvalue weighted by Gasteiger charge is -2.07. The van der Waals surface area contributed by atoms with Gasteiger partial charge in [-0.2, -0.15) is 0 Å². The summed E-state index contributed by atoms with van der Waals surface area (Å²) in [6, 6.07) is 0. The van der Waals surface area contributed by atoms with Gasteiger partial charge < -0.3 is 0 Å². The molecule has 1 unspecified atom stereocenters. The van der Waals surface area contributed by atoms with Gasteiger partial charge in [-0.15, -0.1) is 0 Å². The molecule has 13 heavy (non-hydrogen) atoms. The third kappa shape index (κ3) is 5.86. The number of carbonyl (C=O) groups excluding carboxylic acids is 2. The quantitative estimate of drug-likeness (QED) is 0.621. The molecule has 0 bridgehead atoms. The highest BCUT2D eigenvalue weighted by atomic mass is 32.2. The molecule has 3 heteroatoms. The van der Waals surface area contributed by atoms with Gasteiger partial charge in [0.2, 0.25) is 0 Å². The third-order valence-electron chi connectivity index (χ3n) is 2.09. The fourth-order valence-corrected chi connectivity index (χ4v) is 1.35. The van der Waals surface area contributed by atoms with Gasteiger partial charge in [0.1, 0.15) is 5.78 Å². The Bertz CT molecular complexity index is 178. The number of carbonyl (C=O) groups is 2. The Kier molecular flexibility index (Phi) is 6.96. The largest absolute Gasteiger partial charge is 0.299 e. The van der Waals surface area contributed by atoms with E-state index >= 15 is 0 Å². The molecule has 2 nitrogen and oxygen atoms in total. The van der Waals surface area contributed by atoms with Crippen molar-refractivity contribution in [1.29, 1.82) is 0 Å². The number of hydrogen-bond acceptors (Lipinski definition) is 3. The Morgan fingerprint density at radius 1 is 1.38 bits per heavy atom. The van der Waals surface area contributed by atoms with E-state index < -0.39 is 0 Å². The summed E-state index contributed by atoms with van der Waals surface area (Å²) >= 11 is 1.13. The Morgan fingerprint density at radius 2 is 2.00 bits per heavy atom. The molecule has 0 fully saturated rings. The summed E-state index contributed by atoms with van der Waals surface area (Å²) in [6.07, 6.45) is 4.91. The van der Waals surface area contributed by atoms with Gasteiger partial charge in [0.25, 0.3) is 0 Å². The van der Waals surface area contributed by atoms with Crippen LogP contribution in [-0.4, -0.2) is 17.2 Å². The molecule has 0 aliphatic rings. The highest BCUT2D eigenvalue weighted by Gasteiger charge is 2.15. The zero-order chi connectivity index (χ0) is 10.3. The van der Waals surface area contributed by atoms with Crippen LogP contribution in [0.3, 0.4) is 0 Å². The molecule has 76 valence electrons. The van der Waals surface area contributed by atoms with E-state index in [4.69, 9.17) is 0 Å². The molecule has 0 N–H and O–H groups in total. The molecule has 0 spiro atoms. The smallest absolute Gasteiger partial charge is 0.196 e. The number of thioether (sulfide) groups is 1. The van der Waals surface area contributed by atoms with Crippen molar-refractivity contribution in [1.82, 2.24) is 0 Å². The van der Waals surface area contributed by atoms with Crippen molar-refractivity contribution >= 4 is 22.7 Å². The molecule has 0 saturated heterocycles. The van der Waals surface area contributed by atoms with Crippen LogP contribution < -0.4 is 0 Å². The van der Waals surface area contributed by atoms with Crippen LogP contribution in [0.25, 0.3) is 0 Å². The van der Waals surface area contributed by atoms with E-state index in [1.54, 1.807) is 6.26 Å². The minimum absolute atomic E-state index is 0.0200. The molecule has 1 atom stereocenters. The lowest BCUT2D eigenvalue weighted by Crippen LogP contribution is -2.13. The second-order valence-electron chi connectivity index (χ2n) is 3.26. The van der Waals surface area contributed by atoms with Gasteiger partial charge >= 0.3 is 0 Å². The van der Waals surface area contributed by atoms with E-state index in [0.29, 0.717) is 0 Å². The van der Waals surface area contributed by atoms with Crippen LogP contribution in [0.5, 0.6) is 0 Å². The first kappa shape index (κ1) is 12.7. The highest BCUT2D eigenvalue weighted by molar-refractivity contribution is 8.13. The van der Waals surface area contributed by atoms with Crippen LogP contribution in [0.15, 0.2) is 0 Å². The molecule has 0 aliphatic heterocycles. The number of unbranched alkanes of at least 4 members (excludes halogenated alkanes) is 1. The maximum absolute atomic E-state index is 11.4. The zero-order valence-electron chi connectivity index (χ0n) is 8.63.